The molecule has 1 atom stereocenters. The summed E-state index contributed by atoms with van der Waals surface area (Å²) in [7, 11) is 0. The molecule has 0 aliphatic heterocycles. The zero-order chi connectivity index (χ0) is 14.0. The molecule has 2 aromatic carbocycles. The van der Waals surface area contributed by atoms with Gasteiger partial charge in [0.05, 0.1) is 0 Å². The molecule has 3 heteroatoms. The van der Waals surface area contributed by atoms with Crippen molar-refractivity contribution in [2.45, 2.75) is 26.3 Å². The molecule has 2 rings (SSSR count). The summed E-state index contributed by atoms with van der Waals surface area (Å²) in [4.78, 5) is 0. The molecule has 0 saturated heterocycles. The number of aryl methyl sites for hydroxylation is 1. The summed E-state index contributed by atoms with van der Waals surface area (Å²) in [5.74, 6) is -0.817. The van der Waals surface area contributed by atoms with Gasteiger partial charge in [0.2, 0.25) is 0 Å². The number of nitrogens with two attached hydrogens (primary N) is 1. The van der Waals surface area contributed by atoms with Crippen LogP contribution in [0.3, 0.4) is 0 Å². The van der Waals surface area contributed by atoms with Crippen LogP contribution < -0.4 is 5.73 Å². The van der Waals surface area contributed by atoms with Crippen LogP contribution in [0.2, 0.25) is 0 Å². The van der Waals surface area contributed by atoms with Crippen LogP contribution >= 0.6 is 0 Å². The summed E-state index contributed by atoms with van der Waals surface area (Å²) in [6.45, 7) is 3.54. The second-order valence-corrected chi connectivity index (χ2v) is 4.72. The van der Waals surface area contributed by atoms with Gasteiger partial charge >= 0.3 is 0 Å². The van der Waals surface area contributed by atoms with Crippen molar-refractivity contribution >= 4 is 0 Å². The molecule has 0 aliphatic carbocycles. The molecule has 2 aromatic rings. The number of benzene rings is 2. The molecule has 100 valence electrons. The van der Waals surface area contributed by atoms with Gasteiger partial charge in [0.15, 0.2) is 0 Å². The zero-order valence-corrected chi connectivity index (χ0v) is 11.1. The maximum atomic E-state index is 13.9. The van der Waals surface area contributed by atoms with Crippen LogP contribution in [0.5, 0.6) is 0 Å². The summed E-state index contributed by atoms with van der Waals surface area (Å²) < 4.78 is 27.5. The van der Waals surface area contributed by atoms with Gasteiger partial charge in [-0.25, -0.2) is 8.78 Å². The van der Waals surface area contributed by atoms with Crippen LogP contribution in [0.4, 0.5) is 8.78 Å². The smallest absolute Gasteiger partial charge is 0.131 e. The van der Waals surface area contributed by atoms with Crippen LogP contribution in [-0.2, 0) is 0 Å². The second-order valence-electron chi connectivity index (χ2n) is 4.72. The van der Waals surface area contributed by atoms with Crippen LogP contribution in [0.1, 0.15) is 30.5 Å². The Morgan fingerprint density at radius 3 is 2.53 bits per heavy atom. The Bertz CT molecular complexity index is 593. The standard InChI is InChI=1S/C16H17F2N/c1-3-16(19)12-6-4-5-11(8-12)13-9-14(17)10(2)7-15(13)18/h4-9,16H,3,19H2,1-2H3. The lowest BCUT2D eigenvalue weighted by Gasteiger charge is -2.12. The quantitative estimate of drug-likeness (QED) is 0.873. The number of halogens is 2. The van der Waals surface area contributed by atoms with Gasteiger partial charge in [-0.3, -0.25) is 0 Å². The third-order valence-electron chi connectivity index (χ3n) is 3.31. The predicted molar refractivity (Wildman–Crippen MR) is 73.8 cm³/mol. The highest BCUT2D eigenvalue weighted by atomic mass is 19.1. The van der Waals surface area contributed by atoms with E-state index in [1.54, 1.807) is 13.0 Å². The first-order valence-electron chi connectivity index (χ1n) is 6.34. The van der Waals surface area contributed by atoms with Crippen LogP contribution in [-0.4, -0.2) is 0 Å². The molecule has 0 aliphatic rings. The van der Waals surface area contributed by atoms with Gasteiger partial charge in [-0.15, -0.1) is 0 Å². The molecule has 0 aromatic heterocycles. The van der Waals surface area contributed by atoms with Crippen molar-refractivity contribution in [3.8, 4) is 11.1 Å². The van der Waals surface area contributed by atoms with Crippen molar-refractivity contribution in [1.82, 2.24) is 0 Å². The summed E-state index contributed by atoms with van der Waals surface area (Å²) >= 11 is 0. The summed E-state index contributed by atoms with van der Waals surface area (Å²) in [5.41, 5.74) is 8.13. The molecule has 0 saturated carbocycles. The van der Waals surface area contributed by atoms with Gasteiger partial charge < -0.3 is 5.73 Å². The maximum Gasteiger partial charge on any atom is 0.131 e. The Labute approximate surface area is 112 Å². The van der Waals surface area contributed by atoms with Gasteiger partial charge in [0, 0.05) is 11.6 Å². The molecule has 0 radical (unpaired) electrons. The van der Waals surface area contributed by atoms with E-state index < -0.39 is 11.6 Å². The van der Waals surface area contributed by atoms with E-state index in [0.29, 0.717) is 11.1 Å². The molecular weight excluding hydrogens is 244 g/mol. The topological polar surface area (TPSA) is 26.0 Å². The van der Waals surface area contributed by atoms with Crippen LogP contribution in [0, 0.1) is 18.6 Å². The lowest BCUT2D eigenvalue weighted by atomic mass is 9.97. The van der Waals surface area contributed by atoms with Crippen molar-refractivity contribution in [1.29, 1.82) is 0 Å². The van der Waals surface area contributed by atoms with Gasteiger partial charge in [0.1, 0.15) is 11.6 Å². The van der Waals surface area contributed by atoms with E-state index in [1.807, 2.05) is 25.1 Å². The van der Waals surface area contributed by atoms with Crippen LogP contribution in [0.15, 0.2) is 36.4 Å². The molecule has 19 heavy (non-hydrogen) atoms. The van der Waals surface area contributed by atoms with Crippen molar-refractivity contribution in [2.24, 2.45) is 5.73 Å². The minimum Gasteiger partial charge on any atom is -0.324 e. The van der Waals surface area contributed by atoms with Gasteiger partial charge in [-0.2, -0.15) is 0 Å². The van der Waals surface area contributed by atoms with Gasteiger partial charge in [-0.05, 0) is 48.2 Å². The molecule has 0 heterocycles. The summed E-state index contributed by atoms with van der Waals surface area (Å²) in [6.07, 6.45) is 0.800. The fourth-order valence-electron chi connectivity index (χ4n) is 2.04. The van der Waals surface area contributed by atoms with E-state index >= 15 is 0 Å². The minimum absolute atomic E-state index is 0.0849. The Hall–Kier alpha value is -1.74. The molecule has 2 N–H and O–H groups in total. The van der Waals surface area contributed by atoms with E-state index in [2.05, 4.69) is 0 Å². The normalized spacial score (nSPS) is 12.5. The van der Waals surface area contributed by atoms with Crippen molar-refractivity contribution in [3.05, 3.63) is 59.2 Å². The molecule has 1 nitrogen and oxygen atoms in total. The van der Waals surface area contributed by atoms with Gasteiger partial charge in [0.25, 0.3) is 0 Å². The molecule has 0 amide bonds. The Balaban J connectivity index is 2.50. The predicted octanol–water partition coefficient (Wildman–Crippen LogP) is 4.35. The average Bonchev–Trinajstić information content (AvgIpc) is 2.42. The molecule has 0 bridgehead atoms. The first-order chi connectivity index (χ1) is 9.02. The Morgan fingerprint density at radius 1 is 1.11 bits per heavy atom. The summed E-state index contributed by atoms with van der Waals surface area (Å²) in [5, 5.41) is 0. The van der Waals surface area contributed by atoms with E-state index in [0.717, 1.165) is 12.0 Å². The lowest BCUT2D eigenvalue weighted by Crippen LogP contribution is -2.08. The zero-order valence-electron chi connectivity index (χ0n) is 11.1. The highest BCUT2D eigenvalue weighted by Gasteiger charge is 2.11. The molecule has 0 spiro atoms. The second kappa shape index (κ2) is 5.49. The third-order valence-corrected chi connectivity index (χ3v) is 3.31. The molecular formula is C16H17F2N. The number of hydrogen-bond donors (Lipinski definition) is 1. The Morgan fingerprint density at radius 2 is 1.84 bits per heavy atom. The molecule has 0 fully saturated rings. The van der Waals surface area contributed by atoms with Crippen LogP contribution in [0.25, 0.3) is 11.1 Å². The molecule has 1 unspecified atom stereocenters. The SMILES string of the molecule is CCC(N)c1cccc(-c2cc(F)c(C)cc2F)c1. The largest absolute Gasteiger partial charge is 0.324 e. The monoisotopic (exact) mass is 261 g/mol. The highest BCUT2D eigenvalue weighted by Crippen LogP contribution is 2.27. The van der Waals surface area contributed by atoms with E-state index in [4.69, 9.17) is 5.73 Å². The van der Waals surface area contributed by atoms with Crippen molar-refractivity contribution in [3.63, 3.8) is 0 Å². The van der Waals surface area contributed by atoms with E-state index in [9.17, 15) is 8.78 Å². The summed E-state index contributed by atoms with van der Waals surface area (Å²) in [6, 6.07) is 9.68. The highest BCUT2D eigenvalue weighted by molar-refractivity contribution is 5.65. The van der Waals surface area contributed by atoms with E-state index in [1.165, 1.54) is 12.1 Å². The Kier molecular flexibility index (Phi) is 3.96. The van der Waals surface area contributed by atoms with Crippen molar-refractivity contribution < 1.29 is 8.78 Å². The first kappa shape index (κ1) is 13.7. The fourth-order valence-corrected chi connectivity index (χ4v) is 2.04. The van der Waals surface area contributed by atoms with E-state index in [-0.39, 0.29) is 11.6 Å². The first-order valence-corrected chi connectivity index (χ1v) is 6.34. The van der Waals surface area contributed by atoms with Crippen molar-refractivity contribution in [2.75, 3.05) is 0 Å². The minimum atomic E-state index is -0.416. The number of hydrogen-bond acceptors (Lipinski definition) is 1. The fraction of sp³-hybridized carbons (Fsp3) is 0.250. The lowest BCUT2D eigenvalue weighted by molar-refractivity contribution is 0.595. The maximum absolute atomic E-state index is 13.9. The van der Waals surface area contributed by atoms with Gasteiger partial charge in [-0.1, -0.05) is 25.1 Å². The number of rotatable bonds is 3. The third kappa shape index (κ3) is 2.82. The average molecular weight is 261 g/mol.